The van der Waals surface area contributed by atoms with Crippen LogP contribution in [0.2, 0.25) is 0 Å². The lowest BCUT2D eigenvalue weighted by Crippen LogP contribution is -2.35. The molecule has 0 spiro atoms. The summed E-state index contributed by atoms with van der Waals surface area (Å²) in [6, 6.07) is -0.0211. The zero-order valence-electron chi connectivity index (χ0n) is 10.7. The Labute approximate surface area is 115 Å². The minimum absolute atomic E-state index is 0.0352. The van der Waals surface area contributed by atoms with Gasteiger partial charge in [0.05, 0.1) is 12.5 Å². The molecule has 0 aliphatic heterocycles. The molecule has 7 heteroatoms. The molecule has 1 saturated carbocycles. The number of carbonyl (C=O) groups excluding carboxylic acids is 1. The minimum atomic E-state index is -0.895. The Bertz CT molecular complexity index is 482. The predicted octanol–water partition coefficient (Wildman–Crippen LogP) is 1.24. The summed E-state index contributed by atoms with van der Waals surface area (Å²) >= 11 is 1.36. The first-order chi connectivity index (χ1) is 8.99. The Hall–Kier alpha value is -1.47. The van der Waals surface area contributed by atoms with Gasteiger partial charge < -0.3 is 15.7 Å². The van der Waals surface area contributed by atoms with Gasteiger partial charge in [0.1, 0.15) is 10.7 Å². The number of carboxylic acids is 1. The molecule has 2 rings (SSSR count). The van der Waals surface area contributed by atoms with Gasteiger partial charge in [0.15, 0.2) is 0 Å². The minimum Gasteiger partial charge on any atom is -0.481 e. The van der Waals surface area contributed by atoms with Gasteiger partial charge in [-0.25, -0.2) is 4.98 Å². The van der Waals surface area contributed by atoms with E-state index in [1.165, 1.54) is 11.3 Å². The summed E-state index contributed by atoms with van der Waals surface area (Å²) in [5, 5.41) is 11.1. The highest BCUT2D eigenvalue weighted by atomic mass is 32.1. The molecule has 1 amide bonds. The van der Waals surface area contributed by atoms with Gasteiger partial charge in [-0.2, -0.15) is 0 Å². The number of hydrogen-bond donors (Lipinski definition) is 2. The van der Waals surface area contributed by atoms with Crippen LogP contribution >= 0.6 is 11.3 Å². The summed E-state index contributed by atoms with van der Waals surface area (Å²) in [6.07, 6.45) is 1.85. The Kier molecular flexibility index (Phi) is 4.16. The highest BCUT2D eigenvalue weighted by molar-refractivity contribution is 7.09. The Morgan fingerprint density at radius 1 is 1.63 bits per heavy atom. The van der Waals surface area contributed by atoms with Gasteiger partial charge in [0.2, 0.25) is 0 Å². The molecule has 6 nitrogen and oxygen atoms in total. The zero-order valence-corrected chi connectivity index (χ0v) is 11.5. The second-order valence-corrected chi connectivity index (χ2v) is 5.62. The van der Waals surface area contributed by atoms with Gasteiger partial charge in [-0.05, 0) is 19.8 Å². The number of nitrogens with two attached hydrogens (primary N) is 1. The van der Waals surface area contributed by atoms with E-state index < -0.39 is 5.97 Å². The van der Waals surface area contributed by atoms with E-state index >= 15 is 0 Å². The molecule has 19 heavy (non-hydrogen) atoms. The molecule has 1 atom stereocenters. The fraction of sp³-hybridized carbons (Fsp3) is 0.583. The van der Waals surface area contributed by atoms with Crippen LogP contribution in [0.1, 0.15) is 47.7 Å². The number of rotatable bonds is 6. The standard InChI is InChI=1S/C12H17N3O3S/c1-7(13)11-14-9(6-19-11)12(18)15(8-2-3-8)5-4-10(16)17/h6-8H,2-5,13H2,1H3,(H,16,17). The topological polar surface area (TPSA) is 96.5 Å². The number of carbonyl (C=O) groups is 2. The molecule has 0 radical (unpaired) electrons. The van der Waals surface area contributed by atoms with E-state index in [4.69, 9.17) is 10.8 Å². The van der Waals surface area contributed by atoms with Crippen molar-refractivity contribution in [1.29, 1.82) is 0 Å². The zero-order chi connectivity index (χ0) is 14.0. The van der Waals surface area contributed by atoms with Gasteiger partial charge in [-0.15, -0.1) is 11.3 Å². The summed E-state index contributed by atoms with van der Waals surface area (Å²) in [7, 11) is 0. The van der Waals surface area contributed by atoms with Crippen molar-refractivity contribution >= 4 is 23.2 Å². The van der Waals surface area contributed by atoms with Crippen molar-refractivity contribution in [2.45, 2.75) is 38.3 Å². The van der Waals surface area contributed by atoms with Gasteiger partial charge in [-0.3, -0.25) is 9.59 Å². The lowest BCUT2D eigenvalue weighted by atomic mass is 10.3. The van der Waals surface area contributed by atoms with Crippen LogP contribution in [0, 0.1) is 0 Å². The van der Waals surface area contributed by atoms with Crippen LogP contribution in [-0.2, 0) is 4.79 Å². The highest BCUT2D eigenvalue weighted by Gasteiger charge is 2.34. The number of hydrogen-bond acceptors (Lipinski definition) is 5. The van der Waals surface area contributed by atoms with Crippen LogP contribution in [0.4, 0.5) is 0 Å². The number of nitrogens with zero attached hydrogens (tertiary/aromatic N) is 2. The average molecular weight is 283 g/mol. The first-order valence-corrected chi connectivity index (χ1v) is 7.10. The van der Waals surface area contributed by atoms with E-state index in [0.717, 1.165) is 17.8 Å². The fourth-order valence-corrected chi connectivity index (χ4v) is 2.55. The highest BCUT2D eigenvalue weighted by Crippen LogP contribution is 2.29. The van der Waals surface area contributed by atoms with Gasteiger partial charge in [0, 0.05) is 18.0 Å². The van der Waals surface area contributed by atoms with E-state index in [9.17, 15) is 9.59 Å². The van der Waals surface area contributed by atoms with Crippen molar-refractivity contribution in [3.63, 3.8) is 0 Å². The molecule has 0 saturated heterocycles. The summed E-state index contributed by atoms with van der Waals surface area (Å²) in [4.78, 5) is 28.8. The van der Waals surface area contributed by atoms with Crippen LogP contribution in [0.3, 0.4) is 0 Å². The first-order valence-electron chi connectivity index (χ1n) is 6.23. The van der Waals surface area contributed by atoms with Crippen LogP contribution in [-0.4, -0.2) is 39.5 Å². The Morgan fingerprint density at radius 3 is 2.79 bits per heavy atom. The van der Waals surface area contributed by atoms with Crippen molar-refractivity contribution in [2.75, 3.05) is 6.54 Å². The Balaban J connectivity index is 2.07. The summed E-state index contributed by atoms with van der Waals surface area (Å²) < 4.78 is 0. The molecule has 1 aromatic heterocycles. The Morgan fingerprint density at radius 2 is 2.32 bits per heavy atom. The second kappa shape index (κ2) is 5.66. The average Bonchev–Trinajstić information content (AvgIpc) is 3.05. The third-order valence-electron chi connectivity index (χ3n) is 2.95. The monoisotopic (exact) mass is 283 g/mol. The van der Waals surface area contributed by atoms with Crippen LogP contribution in [0.25, 0.3) is 0 Å². The van der Waals surface area contributed by atoms with Crippen LogP contribution < -0.4 is 5.73 Å². The molecule has 1 aliphatic rings. The van der Waals surface area contributed by atoms with Crippen LogP contribution in [0.15, 0.2) is 5.38 Å². The maximum Gasteiger partial charge on any atom is 0.305 e. The number of aromatic nitrogens is 1. The fourth-order valence-electron chi connectivity index (χ4n) is 1.79. The molecule has 1 unspecified atom stereocenters. The van der Waals surface area contributed by atoms with Crippen molar-refractivity contribution in [1.82, 2.24) is 9.88 Å². The molecule has 1 fully saturated rings. The van der Waals surface area contributed by atoms with Gasteiger partial charge in [0.25, 0.3) is 5.91 Å². The van der Waals surface area contributed by atoms with E-state index in [-0.39, 0.29) is 31.0 Å². The number of amides is 1. The van der Waals surface area contributed by atoms with E-state index in [0.29, 0.717) is 5.69 Å². The molecule has 0 bridgehead atoms. The molecular formula is C12H17N3O3S. The number of carboxylic acid groups (broad SMARTS) is 1. The lowest BCUT2D eigenvalue weighted by Gasteiger charge is -2.20. The summed E-state index contributed by atoms with van der Waals surface area (Å²) in [6.45, 7) is 2.06. The van der Waals surface area contributed by atoms with Crippen molar-refractivity contribution in [2.24, 2.45) is 5.73 Å². The molecular weight excluding hydrogens is 266 g/mol. The van der Waals surface area contributed by atoms with E-state index in [2.05, 4.69) is 4.98 Å². The molecule has 1 heterocycles. The molecule has 1 aliphatic carbocycles. The molecule has 0 aromatic carbocycles. The maximum absolute atomic E-state index is 12.3. The third kappa shape index (κ3) is 3.51. The second-order valence-electron chi connectivity index (χ2n) is 4.73. The summed E-state index contributed by atoms with van der Waals surface area (Å²) in [5.41, 5.74) is 6.09. The van der Waals surface area contributed by atoms with Crippen LogP contribution in [0.5, 0.6) is 0 Å². The molecule has 3 N–H and O–H groups in total. The quantitative estimate of drug-likeness (QED) is 0.818. The van der Waals surface area contributed by atoms with E-state index in [1.54, 1.807) is 10.3 Å². The maximum atomic E-state index is 12.3. The van der Waals surface area contributed by atoms with E-state index in [1.807, 2.05) is 6.92 Å². The molecule has 104 valence electrons. The predicted molar refractivity (Wildman–Crippen MR) is 71.0 cm³/mol. The van der Waals surface area contributed by atoms with Crippen molar-refractivity contribution < 1.29 is 14.7 Å². The normalized spacial score (nSPS) is 16.1. The summed E-state index contributed by atoms with van der Waals surface area (Å²) in [5.74, 6) is -1.08. The van der Waals surface area contributed by atoms with Gasteiger partial charge in [-0.1, -0.05) is 0 Å². The SMILES string of the molecule is CC(N)c1nc(C(=O)N(CCC(=O)O)C2CC2)cs1. The number of thiazole rings is 1. The lowest BCUT2D eigenvalue weighted by molar-refractivity contribution is -0.137. The van der Waals surface area contributed by atoms with Gasteiger partial charge >= 0.3 is 5.97 Å². The molecule has 1 aromatic rings. The largest absolute Gasteiger partial charge is 0.481 e. The third-order valence-corrected chi connectivity index (χ3v) is 3.99. The number of aliphatic carboxylic acids is 1. The smallest absolute Gasteiger partial charge is 0.305 e. The van der Waals surface area contributed by atoms with Crippen molar-refractivity contribution in [3.8, 4) is 0 Å². The first kappa shape index (κ1) is 14.0. The van der Waals surface area contributed by atoms with Crippen molar-refractivity contribution in [3.05, 3.63) is 16.1 Å².